The lowest BCUT2D eigenvalue weighted by atomic mass is 10.2. The van der Waals surface area contributed by atoms with Crippen LogP contribution in [0.25, 0.3) is 5.65 Å². The lowest BCUT2D eigenvalue weighted by Gasteiger charge is -2.10. The second-order valence-corrected chi connectivity index (χ2v) is 3.95. The predicted octanol–water partition coefficient (Wildman–Crippen LogP) is 0.148. The van der Waals surface area contributed by atoms with Crippen LogP contribution in [-0.4, -0.2) is 38.3 Å². The van der Waals surface area contributed by atoms with Gasteiger partial charge in [0.15, 0.2) is 5.65 Å². The Morgan fingerprint density at radius 1 is 1.53 bits per heavy atom. The van der Waals surface area contributed by atoms with Gasteiger partial charge in [-0.1, -0.05) is 0 Å². The molecule has 0 aliphatic heterocycles. The standard InChI is InChI=1S/C11H14N4O2/c1-7(6-16)12-11(17)9-3-4-10-14-13-8(2)15(10)5-9/h3-5,7,16H,6H2,1-2H3,(H,12,17). The Bertz CT molecular complexity index is 549. The highest BCUT2D eigenvalue weighted by atomic mass is 16.3. The summed E-state index contributed by atoms with van der Waals surface area (Å²) in [6.07, 6.45) is 1.68. The monoisotopic (exact) mass is 234 g/mol. The van der Waals surface area contributed by atoms with Gasteiger partial charge in [-0.05, 0) is 26.0 Å². The maximum atomic E-state index is 11.8. The molecule has 2 aromatic heterocycles. The van der Waals surface area contributed by atoms with Gasteiger partial charge in [-0.15, -0.1) is 10.2 Å². The van der Waals surface area contributed by atoms with Crippen LogP contribution >= 0.6 is 0 Å². The number of aromatic nitrogens is 3. The highest BCUT2D eigenvalue weighted by molar-refractivity contribution is 5.94. The van der Waals surface area contributed by atoms with Crippen molar-refractivity contribution in [1.29, 1.82) is 0 Å². The van der Waals surface area contributed by atoms with Crippen LogP contribution in [0.5, 0.6) is 0 Å². The van der Waals surface area contributed by atoms with Crippen LogP contribution in [0.3, 0.4) is 0 Å². The third kappa shape index (κ3) is 2.26. The van der Waals surface area contributed by atoms with Crippen molar-refractivity contribution in [3.8, 4) is 0 Å². The summed E-state index contributed by atoms with van der Waals surface area (Å²) in [6, 6.07) is 3.15. The van der Waals surface area contributed by atoms with E-state index in [1.165, 1.54) is 0 Å². The number of rotatable bonds is 3. The van der Waals surface area contributed by atoms with Crippen molar-refractivity contribution in [2.24, 2.45) is 0 Å². The fourth-order valence-corrected chi connectivity index (χ4v) is 1.49. The third-order valence-corrected chi connectivity index (χ3v) is 2.49. The number of aliphatic hydroxyl groups is 1. The van der Waals surface area contributed by atoms with Crippen molar-refractivity contribution in [2.75, 3.05) is 6.61 Å². The van der Waals surface area contributed by atoms with E-state index in [1.807, 2.05) is 6.92 Å². The highest BCUT2D eigenvalue weighted by Gasteiger charge is 2.10. The molecule has 0 fully saturated rings. The smallest absolute Gasteiger partial charge is 0.253 e. The molecule has 0 radical (unpaired) electrons. The van der Waals surface area contributed by atoms with E-state index >= 15 is 0 Å². The van der Waals surface area contributed by atoms with Gasteiger partial charge >= 0.3 is 0 Å². The zero-order chi connectivity index (χ0) is 12.4. The fraction of sp³-hybridized carbons (Fsp3) is 0.364. The lowest BCUT2D eigenvalue weighted by molar-refractivity contribution is 0.0922. The second kappa shape index (κ2) is 4.50. The summed E-state index contributed by atoms with van der Waals surface area (Å²) in [5.41, 5.74) is 1.22. The van der Waals surface area contributed by atoms with E-state index in [-0.39, 0.29) is 18.6 Å². The molecule has 0 bridgehead atoms. The number of aryl methyl sites for hydroxylation is 1. The molecule has 1 atom stereocenters. The molecule has 2 aromatic rings. The Labute approximate surface area is 98.3 Å². The van der Waals surface area contributed by atoms with Gasteiger partial charge in [-0.2, -0.15) is 0 Å². The number of amides is 1. The average molecular weight is 234 g/mol. The maximum Gasteiger partial charge on any atom is 0.253 e. The molecule has 6 nitrogen and oxygen atoms in total. The van der Waals surface area contributed by atoms with Crippen molar-refractivity contribution in [1.82, 2.24) is 19.9 Å². The van der Waals surface area contributed by atoms with E-state index < -0.39 is 0 Å². The van der Waals surface area contributed by atoms with Crippen molar-refractivity contribution in [2.45, 2.75) is 19.9 Å². The van der Waals surface area contributed by atoms with Crippen LogP contribution in [0.2, 0.25) is 0 Å². The van der Waals surface area contributed by atoms with Crippen molar-refractivity contribution in [3.05, 3.63) is 29.7 Å². The molecule has 0 aliphatic carbocycles. The second-order valence-electron chi connectivity index (χ2n) is 3.95. The number of aliphatic hydroxyl groups excluding tert-OH is 1. The third-order valence-electron chi connectivity index (χ3n) is 2.49. The molecule has 90 valence electrons. The van der Waals surface area contributed by atoms with E-state index in [2.05, 4.69) is 15.5 Å². The van der Waals surface area contributed by atoms with Crippen molar-refractivity contribution >= 4 is 11.6 Å². The molecule has 2 heterocycles. The molecule has 2 N–H and O–H groups in total. The summed E-state index contributed by atoms with van der Waals surface area (Å²) in [5, 5.41) is 19.4. The Hall–Kier alpha value is -1.95. The van der Waals surface area contributed by atoms with Crippen LogP contribution in [0.15, 0.2) is 18.3 Å². The Morgan fingerprint density at radius 2 is 2.29 bits per heavy atom. The minimum atomic E-state index is -0.264. The fourth-order valence-electron chi connectivity index (χ4n) is 1.49. The van der Waals surface area contributed by atoms with Gasteiger partial charge in [0, 0.05) is 12.2 Å². The van der Waals surface area contributed by atoms with Gasteiger partial charge in [0.25, 0.3) is 5.91 Å². The average Bonchev–Trinajstić information content (AvgIpc) is 2.70. The minimum absolute atomic E-state index is 0.0837. The van der Waals surface area contributed by atoms with E-state index in [9.17, 15) is 4.79 Å². The molecule has 0 spiro atoms. The number of fused-ring (bicyclic) bond motifs is 1. The molecule has 0 saturated carbocycles. The number of hydrogen-bond donors (Lipinski definition) is 2. The quantitative estimate of drug-likeness (QED) is 0.792. The molecule has 17 heavy (non-hydrogen) atoms. The van der Waals surface area contributed by atoms with E-state index in [4.69, 9.17) is 5.11 Å². The first kappa shape index (κ1) is 11.5. The molecule has 0 aliphatic rings. The molecule has 2 rings (SSSR count). The first-order valence-corrected chi connectivity index (χ1v) is 5.35. The minimum Gasteiger partial charge on any atom is -0.394 e. The zero-order valence-corrected chi connectivity index (χ0v) is 9.71. The molecule has 1 unspecified atom stereocenters. The number of carbonyl (C=O) groups is 1. The van der Waals surface area contributed by atoms with Crippen LogP contribution < -0.4 is 5.32 Å². The molecule has 1 amide bonds. The van der Waals surface area contributed by atoms with Crippen LogP contribution in [0, 0.1) is 6.92 Å². The van der Waals surface area contributed by atoms with Crippen LogP contribution in [0.1, 0.15) is 23.1 Å². The Kier molecular flexibility index (Phi) is 3.06. The number of pyridine rings is 1. The van der Waals surface area contributed by atoms with Crippen LogP contribution in [0.4, 0.5) is 0 Å². The summed E-state index contributed by atoms with van der Waals surface area (Å²) >= 11 is 0. The Balaban J connectivity index is 2.29. The summed E-state index contributed by atoms with van der Waals surface area (Å²) < 4.78 is 1.75. The van der Waals surface area contributed by atoms with Crippen LogP contribution in [-0.2, 0) is 0 Å². The van der Waals surface area contributed by atoms with Gasteiger partial charge in [0.1, 0.15) is 5.82 Å². The predicted molar refractivity (Wildman–Crippen MR) is 61.7 cm³/mol. The molecular weight excluding hydrogens is 220 g/mol. The SMILES string of the molecule is Cc1nnc2ccc(C(=O)NC(C)CO)cn12. The number of nitrogens with one attached hydrogen (secondary N) is 1. The van der Waals surface area contributed by atoms with Crippen molar-refractivity contribution in [3.63, 3.8) is 0 Å². The lowest BCUT2D eigenvalue weighted by Crippen LogP contribution is -2.35. The Morgan fingerprint density at radius 3 is 3.00 bits per heavy atom. The summed E-state index contributed by atoms with van der Waals surface area (Å²) in [4.78, 5) is 11.8. The largest absolute Gasteiger partial charge is 0.394 e. The molecule has 6 heteroatoms. The van der Waals surface area contributed by atoms with E-state index in [1.54, 1.807) is 29.7 Å². The molecule has 0 saturated heterocycles. The van der Waals surface area contributed by atoms with Gasteiger partial charge in [0.2, 0.25) is 0 Å². The van der Waals surface area contributed by atoms with Crippen molar-refractivity contribution < 1.29 is 9.90 Å². The van der Waals surface area contributed by atoms with Gasteiger partial charge in [-0.25, -0.2) is 0 Å². The first-order valence-electron chi connectivity index (χ1n) is 5.35. The van der Waals surface area contributed by atoms with Gasteiger partial charge in [0.05, 0.1) is 12.2 Å². The number of nitrogens with zero attached hydrogens (tertiary/aromatic N) is 3. The number of carbonyl (C=O) groups excluding carboxylic acids is 1. The van der Waals surface area contributed by atoms with Gasteiger partial charge < -0.3 is 10.4 Å². The zero-order valence-electron chi connectivity index (χ0n) is 9.71. The number of hydrogen-bond acceptors (Lipinski definition) is 4. The molecule has 0 aromatic carbocycles. The normalized spacial score (nSPS) is 12.6. The summed E-state index contributed by atoms with van der Waals surface area (Å²) in [7, 11) is 0. The highest BCUT2D eigenvalue weighted by Crippen LogP contribution is 2.06. The maximum absolute atomic E-state index is 11.8. The summed E-state index contributed by atoms with van der Waals surface area (Å²) in [6.45, 7) is 3.47. The topological polar surface area (TPSA) is 79.5 Å². The summed E-state index contributed by atoms with van der Waals surface area (Å²) in [5.74, 6) is 0.506. The van der Waals surface area contributed by atoms with Gasteiger partial charge in [-0.3, -0.25) is 9.20 Å². The van der Waals surface area contributed by atoms with E-state index in [0.29, 0.717) is 11.2 Å². The van der Waals surface area contributed by atoms with E-state index in [0.717, 1.165) is 5.82 Å². The molecular formula is C11H14N4O2. The first-order chi connectivity index (χ1) is 8.11.